The van der Waals surface area contributed by atoms with Crippen LogP contribution in [0.1, 0.15) is 23.1 Å². The molecule has 1 heterocycles. The molecule has 3 N–H and O–H groups in total. The van der Waals surface area contributed by atoms with E-state index in [1.54, 1.807) is 19.2 Å². The van der Waals surface area contributed by atoms with E-state index in [-0.39, 0.29) is 24.0 Å². The lowest BCUT2D eigenvalue weighted by Gasteiger charge is -2.27. The van der Waals surface area contributed by atoms with Gasteiger partial charge in [-0.15, -0.1) is 24.0 Å². The third-order valence-electron chi connectivity index (χ3n) is 5.16. The first-order chi connectivity index (χ1) is 14.2. The van der Waals surface area contributed by atoms with Crippen LogP contribution in [0.25, 0.3) is 0 Å². The standard InChI is InChI=1S/C23H32N4O2.HI/c1-24-23(25-12-4-5-19-8-10-22(28)11-9-19)26-17-20-6-2-3-7-21(20)18-27-13-15-29-16-14-27;/h2-3,6-11,28H,4-5,12-18H2,1H3,(H2,24,25,26);1H. The van der Waals surface area contributed by atoms with Crippen molar-refractivity contribution in [1.82, 2.24) is 15.5 Å². The molecule has 30 heavy (non-hydrogen) atoms. The van der Waals surface area contributed by atoms with Crippen LogP contribution in [0.2, 0.25) is 0 Å². The van der Waals surface area contributed by atoms with E-state index >= 15 is 0 Å². The predicted molar refractivity (Wildman–Crippen MR) is 133 cm³/mol. The highest BCUT2D eigenvalue weighted by atomic mass is 127. The van der Waals surface area contributed by atoms with Crippen LogP contribution in [-0.4, -0.2) is 55.9 Å². The second kappa shape index (κ2) is 13.5. The molecule has 0 saturated carbocycles. The van der Waals surface area contributed by atoms with Crippen LogP contribution in [0.4, 0.5) is 0 Å². The summed E-state index contributed by atoms with van der Waals surface area (Å²) in [6, 6.07) is 16.0. The zero-order valence-corrected chi connectivity index (χ0v) is 20.0. The zero-order chi connectivity index (χ0) is 20.3. The number of phenolic OH excluding ortho intramolecular Hbond substituents is 1. The Morgan fingerprint density at radius 2 is 1.73 bits per heavy atom. The summed E-state index contributed by atoms with van der Waals surface area (Å²) in [4.78, 5) is 6.78. The summed E-state index contributed by atoms with van der Waals surface area (Å²) in [6.45, 7) is 6.17. The van der Waals surface area contributed by atoms with Crippen LogP contribution in [0.3, 0.4) is 0 Å². The van der Waals surface area contributed by atoms with Gasteiger partial charge in [0.2, 0.25) is 0 Å². The normalized spacial score (nSPS) is 14.8. The second-order valence-corrected chi connectivity index (χ2v) is 7.28. The maximum absolute atomic E-state index is 9.35. The molecular weight excluding hydrogens is 491 g/mol. The third-order valence-corrected chi connectivity index (χ3v) is 5.16. The summed E-state index contributed by atoms with van der Waals surface area (Å²) >= 11 is 0. The van der Waals surface area contributed by atoms with E-state index in [2.05, 4.69) is 44.8 Å². The molecule has 3 rings (SSSR count). The van der Waals surface area contributed by atoms with Gasteiger partial charge in [0.1, 0.15) is 5.75 Å². The van der Waals surface area contributed by atoms with Gasteiger partial charge in [0.05, 0.1) is 13.2 Å². The number of phenols is 1. The molecular formula is C23H33IN4O2. The molecule has 0 atom stereocenters. The van der Waals surface area contributed by atoms with Crippen molar-refractivity contribution in [2.24, 2.45) is 4.99 Å². The van der Waals surface area contributed by atoms with E-state index in [1.165, 1.54) is 16.7 Å². The Kier molecular flexibility index (Phi) is 11.0. The molecule has 1 aliphatic heterocycles. The number of benzene rings is 2. The topological polar surface area (TPSA) is 69.1 Å². The van der Waals surface area contributed by atoms with Crippen molar-refractivity contribution in [3.05, 3.63) is 65.2 Å². The number of hydrogen-bond donors (Lipinski definition) is 3. The van der Waals surface area contributed by atoms with Crippen LogP contribution < -0.4 is 10.6 Å². The summed E-state index contributed by atoms with van der Waals surface area (Å²) in [5.74, 6) is 1.13. The van der Waals surface area contributed by atoms with Crippen LogP contribution in [0, 0.1) is 0 Å². The first kappa shape index (κ1) is 24.4. The minimum Gasteiger partial charge on any atom is -0.508 e. The van der Waals surface area contributed by atoms with E-state index in [1.807, 2.05) is 12.1 Å². The summed E-state index contributed by atoms with van der Waals surface area (Å²) in [5, 5.41) is 16.2. The molecule has 0 amide bonds. The van der Waals surface area contributed by atoms with E-state index in [9.17, 15) is 5.11 Å². The summed E-state index contributed by atoms with van der Waals surface area (Å²) in [7, 11) is 1.80. The Bertz CT molecular complexity index is 777. The Labute approximate surface area is 196 Å². The highest BCUT2D eigenvalue weighted by Crippen LogP contribution is 2.13. The quantitative estimate of drug-likeness (QED) is 0.214. The van der Waals surface area contributed by atoms with Crippen LogP contribution in [0.15, 0.2) is 53.5 Å². The highest BCUT2D eigenvalue weighted by Gasteiger charge is 2.12. The average molecular weight is 524 g/mol. The number of morpholine rings is 1. The van der Waals surface area contributed by atoms with Crippen molar-refractivity contribution in [1.29, 1.82) is 0 Å². The van der Waals surface area contributed by atoms with Crippen molar-refractivity contribution < 1.29 is 9.84 Å². The van der Waals surface area contributed by atoms with Gasteiger partial charge in [0, 0.05) is 39.8 Å². The van der Waals surface area contributed by atoms with Gasteiger partial charge < -0.3 is 20.5 Å². The van der Waals surface area contributed by atoms with E-state index in [0.717, 1.165) is 64.7 Å². The summed E-state index contributed by atoms with van der Waals surface area (Å²) < 4.78 is 5.45. The molecule has 0 spiro atoms. The molecule has 1 saturated heterocycles. The lowest BCUT2D eigenvalue weighted by atomic mass is 10.1. The number of halogens is 1. The van der Waals surface area contributed by atoms with Crippen LogP contribution >= 0.6 is 24.0 Å². The Morgan fingerprint density at radius 3 is 2.43 bits per heavy atom. The molecule has 0 aliphatic carbocycles. The molecule has 6 nitrogen and oxygen atoms in total. The average Bonchev–Trinajstić information content (AvgIpc) is 2.76. The van der Waals surface area contributed by atoms with Gasteiger partial charge in [-0.1, -0.05) is 36.4 Å². The fourth-order valence-corrected chi connectivity index (χ4v) is 3.45. The smallest absolute Gasteiger partial charge is 0.191 e. The maximum atomic E-state index is 9.35. The number of nitrogens with zero attached hydrogens (tertiary/aromatic N) is 2. The fourth-order valence-electron chi connectivity index (χ4n) is 3.45. The van der Waals surface area contributed by atoms with E-state index in [0.29, 0.717) is 5.75 Å². The number of nitrogens with one attached hydrogen (secondary N) is 2. The molecule has 1 fully saturated rings. The predicted octanol–water partition coefficient (Wildman–Crippen LogP) is 3.14. The first-order valence-electron chi connectivity index (χ1n) is 10.3. The van der Waals surface area contributed by atoms with Crippen molar-refractivity contribution in [3.63, 3.8) is 0 Å². The molecule has 1 aliphatic rings. The van der Waals surface area contributed by atoms with Gasteiger partial charge in [0.25, 0.3) is 0 Å². The number of rotatable bonds is 8. The van der Waals surface area contributed by atoms with Crippen molar-refractivity contribution in [3.8, 4) is 5.75 Å². The van der Waals surface area contributed by atoms with E-state index < -0.39 is 0 Å². The first-order valence-corrected chi connectivity index (χ1v) is 10.3. The number of ether oxygens (including phenoxy) is 1. The fraction of sp³-hybridized carbons (Fsp3) is 0.435. The third kappa shape index (κ3) is 8.12. The lowest BCUT2D eigenvalue weighted by Crippen LogP contribution is -2.38. The molecule has 0 bridgehead atoms. The number of aromatic hydroxyl groups is 1. The second-order valence-electron chi connectivity index (χ2n) is 7.28. The summed E-state index contributed by atoms with van der Waals surface area (Å²) in [6.07, 6.45) is 1.96. The van der Waals surface area contributed by atoms with Crippen molar-refractivity contribution in [2.75, 3.05) is 39.9 Å². The minimum absolute atomic E-state index is 0. The van der Waals surface area contributed by atoms with Gasteiger partial charge in [-0.3, -0.25) is 9.89 Å². The number of hydrogen-bond acceptors (Lipinski definition) is 4. The van der Waals surface area contributed by atoms with Gasteiger partial charge in [-0.05, 0) is 41.7 Å². The number of guanidine groups is 1. The van der Waals surface area contributed by atoms with Crippen molar-refractivity contribution >= 4 is 29.9 Å². The van der Waals surface area contributed by atoms with Crippen molar-refractivity contribution in [2.45, 2.75) is 25.9 Å². The summed E-state index contributed by atoms with van der Waals surface area (Å²) in [5.41, 5.74) is 3.88. The SMILES string of the molecule is CN=C(NCCCc1ccc(O)cc1)NCc1ccccc1CN1CCOCC1.I. The lowest BCUT2D eigenvalue weighted by molar-refractivity contribution is 0.0341. The van der Waals surface area contributed by atoms with Gasteiger partial charge >= 0.3 is 0 Å². The molecule has 0 radical (unpaired) electrons. The largest absolute Gasteiger partial charge is 0.508 e. The Morgan fingerprint density at radius 1 is 1.03 bits per heavy atom. The monoisotopic (exact) mass is 524 g/mol. The van der Waals surface area contributed by atoms with Crippen LogP contribution in [0.5, 0.6) is 5.75 Å². The molecule has 0 unspecified atom stereocenters. The van der Waals surface area contributed by atoms with Gasteiger partial charge in [-0.25, -0.2) is 0 Å². The molecule has 2 aromatic carbocycles. The molecule has 0 aromatic heterocycles. The molecule has 7 heteroatoms. The van der Waals surface area contributed by atoms with E-state index in [4.69, 9.17) is 4.74 Å². The van der Waals surface area contributed by atoms with Crippen LogP contribution in [-0.2, 0) is 24.2 Å². The Balaban J connectivity index is 0.00000320. The molecule has 164 valence electrons. The van der Waals surface area contributed by atoms with Gasteiger partial charge in [-0.2, -0.15) is 0 Å². The number of aryl methyl sites for hydroxylation is 1. The minimum atomic E-state index is 0. The molecule has 2 aromatic rings. The van der Waals surface area contributed by atoms with Gasteiger partial charge in [0.15, 0.2) is 5.96 Å². The highest BCUT2D eigenvalue weighted by molar-refractivity contribution is 14.0. The Hall–Kier alpha value is -1.84. The maximum Gasteiger partial charge on any atom is 0.191 e. The number of aliphatic imine (C=N–C) groups is 1. The zero-order valence-electron chi connectivity index (χ0n) is 17.6.